The van der Waals surface area contributed by atoms with E-state index >= 15 is 0 Å². The number of nitro groups is 1. The predicted octanol–water partition coefficient (Wildman–Crippen LogP) is 1.83. The van der Waals surface area contributed by atoms with Crippen molar-refractivity contribution in [1.29, 1.82) is 0 Å². The number of hydrogen-bond donors (Lipinski definition) is 2. The van der Waals surface area contributed by atoms with Crippen molar-refractivity contribution in [2.45, 2.75) is 26.8 Å². The van der Waals surface area contributed by atoms with Crippen molar-refractivity contribution in [2.24, 2.45) is 5.92 Å². The molecule has 0 aliphatic heterocycles. The van der Waals surface area contributed by atoms with E-state index in [0.717, 1.165) is 6.07 Å². The molecule has 1 atom stereocenters. The smallest absolute Gasteiger partial charge is 0.326 e. The molecule has 0 saturated heterocycles. The minimum Gasteiger partial charge on any atom is -0.487 e. The Bertz CT molecular complexity index is 585. The van der Waals surface area contributed by atoms with E-state index in [2.05, 4.69) is 5.32 Å². The first kappa shape index (κ1) is 17.4. The Morgan fingerprint density at radius 2 is 2.05 bits per heavy atom. The summed E-state index contributed by atoms with van der Waals surface area (Å²) in [7, 11) is 0. The van der Waals surface area contributed by atoms with Crippen molar-refractivity contribution in [3.05, 3.63) is 33.9 Å². The van der Waals surface area contributed by atoms with Crippen LogP contribution in [0.1, 0.15) is 31.1 Å². The third kappa shape index (κ3) is 4.18. The molecule has 1 aromatic rings. The molecule has 0 bridgehead atoms. The second-order valence-corrected chi connectivity index (χ2v) is 4.91. The number of nitrogens with zero attached hydrogens (tertiary/aromatic N) is 1. The van der Waals surface area contributed by atoms with Gasteiger partial charge < -0.3 is 15.2 Å². The number of carboxylic acids is 1. The molecule has 0 aliphatic rings. The van der Waals surface area contributed by atoms with Crippen molar-refractivity contribution < 1.29 is 24.4 Å². The van der Waals surface area contributed by atoms with Crippen LogP contribution in [-0.4, -0.2) is 34.6 Å². The van der Waals surface area contributed by atoms with Crippen LogP contribution in [0.5, 0.6) is 5.75 Å². The van der Waals surface area contributed by atoms with Gasteiger partial charge in [0.15, 0.2) is 5.75 Å². The lowest BCUT2D eigenvalue weighted by molar-refractivity contribution is -0.385. The second-order valence-electron chi connectivity index (χ2n) is 4.91. The lowest BCUT2D eigenvalue weighted by atomic mass is 10.0. The molecule has 0 fully saturated rings. The van der Waals surface area contributed by atoms with Crippen LogP contribution in [0.15, 0.2) is 18.2 Å². The molecule has 22 heavy (non-hydrogen) atoms. The third-order valence-electron chi connectivity index (χ3n) is 2.94. The Kier molecular flexibility index (Phi) is 5.85. The molecule has 1 unspecified atom stereocenters. The van der Waals surface area contributed by atoms with Gasteiger partial charge in [0.1, 0.15) is 6.04 Å². The SMILES string of the molecule is CCOc1ccc(C(=O)NC(C(=O)O)C(C)C)cc1[N+](=O)[O-]. The maximum absolute atomic E-state index is 12.1. The first-order valence-electron chi connectivity index (χ1n) is 6.72. The molecular weight excluding hydrogens is 292 g/mol. The number of carbonyl (C=O) groups is 2. The highest BCUT2D eigenvalue weighted by Gasteiger charge is 2.25. The monoisotopic (exact) mass is 310 g/mol. The number of nitro benzene ring substituents is 1. The molecular formula is C14H18N2O6. The van der Waals surface area contributed by atoms with E-state index in [1.165, 1.54) is 12.1 Å². The van der Waals surface area contributed by atoms with Gasteiger partial charge in [0.05, 0.1) is 11.5 Å². The van der Waals surface area contributed by atoms with E-state index in [4.69, 9.17) is 9.84 Å². The van der Waals surface area contributed by atoms with Gasteiger partial charge in [-0.25, -0.2) is 4.79 Å². The minimum atomic E-state index is -1.16. The highest BCUT2D eigenvalue weighted by Crippen LogP contribution is 2.28. The molecule has 0 saturated carbocycles. The molecule has 120 valence electrons. The summed E-state index contributed by atoms with van der Waals surface area (Å²) in [5.41, 5.74) is -0.340. The molecule has 0 radical (unpaired) electrons. The lowest BCUT2D eigenvalue weighted by Gasteiger charge is -2.18. The topological polar surface area (TPSA) is 119 Å². The Morgan fingerprint density at radius 1 is 1.41 bits per heavy atom. The van der Waals surface area contributed by atoms with E-state index in [1.54, 1.807) is 20.8 Å². The number of benzene rings is 1. The lowest BCUT2D eigenvalue weighted by Crippen LogP contribution is -2.44. The number of hydrogen-bond acceptors (Lipinski definition) is 5. The van der Waals surface area contributed by atoms with Gasteiger partial charge in [-0.3, -0.25) is 14.9 Å². The van der Waals surface area contributed by atoms with E-state index in [-0.39, 0.29) is 29.5 Å². The zero-order valence-electron chi connectivity index (χ0n) is 12.5. The van der Waals surface area contributed by atoms with Crippen molar-refractivity contribution in [3.63, 3.8) is 0 Å². The summed E-state index contributed by atoms with van der Waals surface area (Å²) >= 11 is 0. The standard InChI is InChI=1S/C14H18N2O6/c1-4-22-11-6-5-9(7-10(11)16(20)21)13(17)15-12(8(2)3)14(18)19/h5-8,12H,4H2,1-3H3,(H,15,17)(H,18,19). The fraction of sp³-hybridized carbons (Fsp3) is 0.429. The van der Waals surface area contributed by atoms with Crippen LogP contribution in [0, 0.1) is 16.0 Å². The molecule has 2 N–H and O–H groups in total. The summed E-state index contributed by atoms with van der Waals surface area (Å²) in [6.07, 6.45) is 0. The number of carboxylic acid groups (broad SMARTS) is 1. The van der Waals surface area contributed by atoms with Gasteiger partial charge in [0.2, 0.25) is 0 Å². The van der Waals surface area contributed by atoms with Crippen LogP contribution in [0.25, 0.3) is 0 Å². The van der Waals surface area contributed by atoms with E-state index in [0.29, 0.717) is 0 Å². The number of carbonyl (C=O) groups excluding carboxylic acids is 1. The third-order valence-corrected chi connectivity index (χ3v) is 2.94. The summed E-state index contributed by atoms with van der Waals surface area (Å²) in [6, 6.07) is 2.67. The fourth-order valence-corrected chi connectivity index (χ4v) is 1.82. The summed E-state index contributed by atoms with van der Waals surface area (Å²) in [5.74, 6) is -2.11. The maximum Gasteiger partial charge on any atom is 0.326 e. The zero-order chi connectivity index (χ0) is 16.9. The molecule has 0 aromatic heterocycles. The molecule has 8 nitrogen and oxygen atoms in total. The average Bonchev–Trinajstić information content (AvgIpc) is 2.44. The molecule has 1 rings (SSSR count). The van der Waals surface area contributed by atoms with Gasteiger partial charge in [0, 0.05) is 11.6 Å². The summed E-state index contributed by atoms with van der Waals surface area (Å²) < 4.78 is 5.12. The summed E-state index contributed by atoms with van der Waals surface area (Å²) in [5, 5.41) is 22.4. The predicted molar refractivity (Wildman–Crippen MR) is 78.0 cm³/mol. The quantitative estimate of drug-likeness (QED) is 0.586. The van der Waals surface area contributed by atoms with Crippen LogP contribution in [-0.2, 0) is 4.79 Å². The number of ether oxygens (including phenoxy) is 1. The van der Waals surface area contributed by atoms with Crippen LogP contribution in [0.2, 0.25) is 0 Å². The van der Waals surface area contributed by atoms with Gasteiger partial charge in [-0.1, -0.05) is 13.8 Å². The van der Waals surface area contributed by atoms with Gasteiger partial charge >= 0.3 is 11.7 Å². The van der Waals surface area contributed by atoms with Crippen LogP contribution in [0.4, 0.5) is 5.69 Å². The van der Waals surface area contributed by atoms with Gasteiger partial charge in [0.25, 0.3) is 5.91 Å². The van der Waals surface area contributed by atoms with E-state index < -0.39 is 22.8 Å². The first-order valence-corrected chi connectivity index (χ1v) is 6.72. The van der Waals surface area contributed by atoms with Crippen molar-refractivity contribution in [2.75, 3.05) is 6.61 Å². The highest BCUT2D eigenvalue weighted by molar-refractivity contribution is 5.97. The van der Waals surface area contributed by atoms with Gasteiger partial charge in [-0.2, -0.15) is 0 Å². The van der Waals surface area contributed by atoms with Crippen LogP contribution < -0.4 is 10.1 Å². The largest absolute Gasteiger partial charge is 0.487 e. The number of rotatable bonds is 7. The fourth-order valence-electron chi connectivity index (χ4n) is 1.82. The van der Waals surface area contributed by atoms with Gasteiger partial charge in [-0.05, 0) is 25.0 Å². The number of nitrogens with one attached hydrogen (secondary N) is 1. The Balaban J connectivity index is 3.06. The number of aliphatic carboxylic acids is 1. The first-order chi connectivity index (χ1) is 10.3. The number of amides is 1. The van der Waals surface area contributed by atoms with E-state index in [1.807, 2.05) is 0 Å². The van der Waals surface area contributed by atoms with Crippen molar-refractivity contribution >= 4 is 17.6 Å². The summed E-state index contributed by atoms with van der Waals surface area (Å²) in [6.45, 7) is 5.24. The minimum absolute atomic E-state index is 0.00190. The Morgan fingerprint density at radius 3 is 2.50 bits per heavy atom. The van der Waals surface area contributed by atoms with Crippen LogP contribution in [0.3, 0.4) is 0 Å². The Hall–Kier alpha value is -2.64. The maximum atomic E-state index is 12.1. The molecule has 0 aliphatic carbocycles. The normalized spacial score (nSPS) is 11.8. The van der Waals surface area contributed by atoms with Gasteiger partial charge in [-0.15, -0.1) is 0 Å². The van der Waals surface area contributed by atoms with Crippen LogP contribution >= 0.6 is 0 Å². The molecule has 8 heteroatoms. The average molecular weight is 310 g/mol. The molecule has 0 heterocycles. The molecule has 1 aromatic carbocycles. The van der Waals surface area contributed by atoms with Crippen molar-refractivity contribution in [3.8, 4) is 5.75 Å². The summed E-state index contributed by atoms with van der Waals surface area (Å²) in [4.78, 5) is 33.5. The molecule has 0 spiro atoms. The Labute approximate surface area is 127 Å². The van der Waals surface area contributed by atoms with Crippen molar-refractivity contribution in [1.82, 2.24) is 5.32 Å². The van der Waals surface area contributed by atoms with E-state index in [9.17, 15) is 19.7 Å². The highest BCUT2D eigenvalue weighted by atomic mass is 16.6. The molecule has 1 amide bonds. The zero-order valence-corrected chi connectivity index (χ0v) is 12.5. The second kappa shape index (κ2) is 7.39.